The van der Waals surface area contributed by atoms with E-state index in [1.54, 1.807) is 30.3 Å². The molecule has 2 N–H and O–H groups in total. The molecule has 13 nitrogen and oxygen atoms in total. The Labute approximate surface area is 297 Å². The van der Waals surface area contributed by atoms with Crippen LogP contribution in [-0.2, 0) is 40.1 Å². The maximum Gasteiger partial charge on any atom is 0.243 e. The van der Waals surface area contributed by atoms with Gasteiger partial charge >= 0.3 is 0 Å². The molecule has 0 spiro atoms. The van der Waals surface area contributed by atoms with Crippen LogP contribution in [0.3, 0.4) is 0 Å². The zero-order valence-corrected chi connectivity index (χ0v) is 31.3. The minimum absolute atomic E-state index is 0.0955. The Morgan fingerprint density at radius 1 is 0.700 bits per heavy atom. The molecule has 50 heavy (non-hydrogen) atoms. The lowest BCUT2D eigenvalue weighted by atomic mass is 9.79. The van der Waals surface area contributed by atoms with Crippen LogP contribution in [0.15, 0.2) is 81.8 Å². The summed E-state index contributed by atoms with van der Waals surface area (Å²) in [6.07, 6.45) is 6.11. The van der Waals surface area contributed by atoms with E-state index in [-0.39, 0.29) is 59.6 Å². The average molecular weight is 771 g/mol. The van der Waals surface area contributed by atoms with E-state index in [2.05, 4.69) is 16.0 Å². The van der Waals surface area contributed by atoms with E-state index in [1.165, 1.54) is 33.3 Å². The van der Waals surface area contributed by atoms with Crippen molar-refractivity contribution < 1.29 is 38.4 Å². The Balaban J connectivity index is 1.06. The van der Waals surface area contributed by atoms with Gasteiger partial charge in [0.2, 0.25) is 40.1 Å². The van der Waals surface area contributed by atoms with Crippen LogP contribution in [0.25, 0.3) is 0 Å². The van der Waals surface area contributed by atoms with Gasteiger partial charge < -0.3 is 4.74 Å². The Hall–Kier alpha value is -2.64. The number of nitrogens with zero attached hydrogens (tertiary/aromatic N) is 2. The Kier molecular flexibility index (Phi) is 12.3. The maximum absolute atomic E-state index is 13.2. The average Bonchev–Trinajstić information content (AvgIpc) is 3.81. The fourth-order valence-electron chi connectivity index (χ4n) is 6.76. The third-order valence-corrected chi connectivity index (χ3v) is 15.7. The van der Waals surface area contributed by atoms with Crippen molar-refractivity contribution in [3.63, 3.8) is 0 Å². The monoisotopic (exact) mass is 770 g/mol. The van der Waals surface area contributed by atoms with E-state index in [0.29, 0.717) is 31.7 Å². The van der Waals surface area contributed by atoms with Crippen molar-refractivity contribution in [3.8, 4) is 5.75 Å². The molecule has 0 bridgehead atoms. The largest absolute Gasteiger partial charge is 0.497 e. The van der Waals surface area contributed by atoms with Crippen LogP contribution in [0, 0.1) is 17.8 Å². The fourth-order valence-corrected chi connectivity index (χ4v) is 11.4. The molecule has 0 amide bonds. The van der Waals surface area contributed by atoms with Gasteiger partial charge in [-0.2, -0.15) is 8.61 Å². The zero-order chi connectivity index (χ0) is 36.2. The number of rotatable bonds is 15. The molecule has 1 aliphatic carbocycles. The smallest absolute Gasteiger partial charge is 0.243 e. The quantitative estimate of drug-likeness (QED) is 0.276. The second kappa shape index (κ2) is 15.9. The lowest BCUT2D eigenvalue weighted by molar-refractivity contribution is 0.376. The van der Waals surface area contributed by atoms with E-state index in [9.17, 15) is 33.7 Å². The molecule has 2 aromatic rings. The van der Waals surface area contributed by atoms with Crippen molar-refractivity contribution in [2.24, 2.45) is 17.8 Å². The molecule has 2 heterocycles. The number of ether oxygens (including phenoxy) is 1. The van der Waals surface area contributed by atoms with Crippen LogP contribution in [-0.4, -0.2) is 88.7 Å². The van der Waals surface area contributed by atoms with Crippen molar-refractivity contribution in [3.05, 3.63) is 77.6 Å². The molecule has 2 aromatic carbocycles. The number of methoxy groups -OCH3 is 1. The first kappa shape index (κ1) is 38.6. The molecule has 3 aliphatic rings. The summed E-state index contributed by atoms with van der Waals surface area (Å²) in [7, 11) is -13.1. The summed E-state index contributed by atoms with van der Waals surface area (Å²) in [5, 5.41) is 2.05. The fraction of sp³-hybridized carbons (Fsp3) is 0.515. The molecule has 0 aromatic heterocycles. The first-order valence-electron chi connectivity index (χ1n) is 16.7. The van der Waals surface area contributed by atoms with Crippen molar-refractivity contribution >= 4 is 40.1 Å². The van der Waals surface area contributed by atoms with Gasteiger partial charge in [0.15, 0.2) is 0 Å². The number of allylic oxidation sites excluding steroid dienone is 1. The van der Waals surface area contributed by atoms with Gasteiger partial charge in [-0.3, -0.25) is 0 Å². The molecule has 17 heteroatoms. The van der Waals surface area contributed by atoms with Gasteiger partial charge in [0.25, 0.3) is 0 Å². The van der Waals surface area contributed by atoms with Crippen molar-refractivity contribution in [1.29, 1.82) is 0 Å². The van der Waals surface area contributed by atoms with Gasteiger partial charge in [-0.15, -0.1) is 0 Å². The van der Waals surface area contributed by atoms with Gasteiger partial charge in [-0.1, -0.05) is 24.8 Å². The van der Waals surface area contributed by atoms with Crippen molar-refractivity contribution in [2.75, 3.05) is 46.4 Å². The Bertz CT molecular complexity index is 1960. The third-order valence-electron chi connectivity index (χ3n) is 9.85. The molecular weight excluding hydrogens is 725 g/mol. The van der Waals surface area contributed by atoms with Crippen molar-refractivity contribution in [2.45, 2.75) is 54.2 Å². The maximum atomic E-state index is 13.2. The van der Waals surface area contributed by atoms with E-state index in [0.717, 1.165) is 36.7 Å². The molecular formula is C33H46N4O9S4. The SMILES string of the molecule is C=CS(=O)(=O)NCC1CCN(S(=O)(=O)c2ccc(C3CCC(/C=C/S(=O)(=O)NCC4CCN(S(=O)(=O)c5ccc(OC)cc5)C4)CC3)cc2)C1. The third kappa shape index (κ3) is 9.61. The highest BCUT2D eigenvalue weighted by atomic mass is 32.2. The van der Waals surface area contributed by atoms with E-state index in [1.807, 2.05) is 12.1 Å². The summed E-state index contributed by atoms with van der Waals surface area (Å²) in [5.74, 6) is 0.634. The second-order valence-electron chi connectivity index (χ2n) is 13.2. The van der Waals surface area contributed by atoms with Crippen LogP contribution >= 0.6 is 0 Å². The van der Waals surface area contributed by atoms with Gasteiger partial charge in [0.1, 0.15) is 5.75 Å². The normalized spacial score (nSPS) is 24.5. The molecule has 2 atom stereocenters. The molecule has 276 valence electrons. The minimum Gasteiger partial charge on any atom is -0.497 e. The molecule has 5 rings (SSSR count). The standard InChI is InChI=1S/C33H46N4O9S4/c1-3-47(38,39)34-22-27-16-19-36(24-27)49(42,43)32-12-8-30(9-13-32)29-6-4-26(5-7-29)18-21-48(40,41)35-23-28-17-20-37(25-28)50(44,45)33-14-10-31(46-2)11-15-33/h3,8-15,18,21,26-29,34-35H,1,4-7,16-17,19-20,22-25H2,2H3/b21-18+. The van der Waals surface area contributed by atoms with Crippen molar-refractivity contribution in [1.82, 2.24) is 18.1 Å². The highest BCUT2D eigenvalue weighted by Crippen LogP contribution is 2.37. The minimum atomic E-state index is -3.71. The predicted octanol–water partition coefficient (Wildman–Crippen LogP) is 3.19. The van der Waals surface area contributed by atoms with Gasteiger partial charge in [-0.05, 0) is 104 Å². The van der Waals surface area contributed by atoms with Crippen LogP contribution in [0.4, 0.5) is 0 Å². The van der Waals surface area contributed by atoms with Gasteiger partial charge in [0, 0.05) is 50.1 Å². The summed E-state index contributed by atoms with van der Waals surface area (Å²) < 4.78 is 114. The molecule has 2 aliphatic heterocycles. The Morgan fingerprint density at radius 2 is 1.18 bits per heavy atom. The molecule has 1 saturated carbocycles. The summed E-state index contributed by atoms with van der Waals surface area (Å²) in [5.41, 5.74) is 1.04. The zero-order valence-electron chi connectivity index (χ0n) is 28.1. The van der Waals surface area contributed by atoms with Crippen LogP contribution < -0.4 is 14.2 Å². The molecule has 3 fully saturated rings. The highest BCUT2D eigenvalue weighted by molar-refractivity contribution is 7.92. The number of sulfonamides is 4. The Morgan fingerprint density at radius 3 is 1.66 bits per heavy atom. The number of benzene rings is 2. The number of hydrogen-bond acceptors (Lipinski definition) is 9. The summed E-state index contributed by atoms with van der Waals surface area (Å²) >= 11 is 0. The lowest BCUT2D eigenvalue weighted by Gasteiger charge is -2.27. The first-order chi connectivity index (χ1) is 23.6. The topological polar surface area (TPSA) is 176 Å². The van der Waals surface area contributed by atoms with Crippen LogP contribution in [0.2, 0.25) is 0 Å². The lowest BCUT2D eigenvalue weighted by Crippen LogP contribution is -2.32. The van der Waals surface area contributed by atoms with E-state index < -0.39 is 40.1 Å². The van der Waals surface area contributed by atoms with Crippen LogP contribution in [0.1, 0.15) is 50.0 Å². The van der Waals surface area contributed by atoms with Gasteiger partial charge in [0.05, 0.1) is 16.9 Å². The first-order valence-corrected chi connectivity index (χ1v) is 22.6. The van der Waals surface area contributed by atoms with E-state index >= 15 is 0 Å². The highest BCUT2D eigenvalue weighted by Gasteiger charge is 2.34. The van der Waals surface area contributed by atoms with Gasteiger partial charge in [-0.25, -0.2) is 43.1 Å². The van der Waals surface area contributed by atoms with Crippen LogP contribution in [0.5, 0.6) is 5.75 Å². The molecule has 2 unspecified atom stereocenters. The second-order valence-corrected chi connectivity index (χ2v) is 20.4. The number of nitrogens with one attached hydrogen (secondary N) is 2. The summed E-state index contributed by atoms with van der Waals surface area (Å²) in [6, 6.07) is 13.1. The van der Waals surface area contributed by atoms with E-state index in [4.69, 9.17) is 4.74 Å². The predicted molar refractivity (Wildman–Crippen MR) is 191 cm³/mol. The molecule has 2 saturated heterocycles. The summed E-state index contributed by atoms with van der Waals surface area (Å²) in [6.45, 7) is 4.68. The summed E-state index contributed by atoms with van der Waals surface area (Å²) in [4.78, 5) is 0.373. The number of hydrogen-bond donors (Lipinski definition) is 2. The molecule has 0 radical (unpaired) electrons.